The summed E-state index contributed by atoms with van der Waals surface area (Å²) in [6.45, 7) is 3.99. The third kappa shape index (κ3) is 23.7. The molecule has 0 aliphatic carbocycles. The van der Waals surface area contributed by atoms with Crippen LogP contribution in [0.25, 0.3) is 0 Å². The van der Waals surface area contributed by atoms with E-state index in [1.54, 1.807) is 0 Å². The van der Waals surface area contributed by atoms with E-state index in [0.717, 1.165) is 51.4 Å². The van der Waals surface area contributed by atoms with Gasteiger partial charge in [0.05, 0.1) is 18.8 Å². The zero-order chi connectivity index (χ0) is 28.1. The number of rotatable bonds is 27. The van der Waals surface area contributed by atoms with E-state index in [-0.39, 0.29) is 12.5 Å². The molecule has 0 saturated heterocycles. The number of aliphatic hydroxyl groups is 3. The van der Waals surface area contributed by atoms with Crippen molar-refractivity contribution in [2.45, 2.75) is 161 Å². The van der Waals surface area contributed by atoms with Gasteiger partial charge in [-0.25, -0.2) is 0 Å². The minimum Gasteiger partial charge on any atom is -0.394 e. The molecule has 3 atom stereocenters. The maximum Gasteiger partial charge on any atom is 0.220 e. The van der Waals surface area contributed by atoms with Crippen molar-refractivity contribution < 1.29 is 20.1 Å². The molecule has 1 amide bonds. The topological polar surface area (TPSA) is 89.8 Å². The van der Waals surface area contributed by atoms with Gasteiger partial charge >= 0.3 is 0 Å². The molecule has 0 aliphatic heterocycles. The SMILES string of the molecule is CC/C=C/CC/C=C/CCCC(O)C(O)C(CO)NC(=O)CCCCCCCCC/C=C\CCCCCC. The van der Waals surface area contributed by atoms with Gasteiger partial charge in [0.1, 0.15) is 6.10 Å². The molecule has 0 radical (unpaired) electrons. The molecule has 0 aromatic heterocycles. The summed E-state index contributed by atoms with van der Waals surface area (Å²) in [5.41, 5.74) is 0. The monoisotopic (exact) mass is 535 g/mol. The third-order valence-corrected chi connectivity index (χ3v) is 6.95. The molecule has 0 fully saturated rings. The van der Waals surface area contributed by atoms with Crippen LogP contribution < -0.4 is 5.32 Å². The molecule has 0 rings (SSSR count). The molecular formula is C33H61NO4. The van der Waals surface area contributed by atoms with Crippen molar-refractivity contribution in [2.75, 3.05) is 6.61 Å². The number of hydrogen-bond acceptors (Lipinski definition) is 4. The summed E-state index contributed by atoms with van der Waals surface area (Å²) in [5.74, 6) is -0.170. The smallest absolute Gasteiger partial charge is 0.220 e. The lowest BCUT2D eigenvalue weighted by Gasteiger charge is -2.26. The molecule has 5 nitrogen and oxygen atoms in total. The first-order valence-corrected chi connectivity index (χ1v) is 15.8. The van der Waals surface area contributed by atoms with Crippen LogP contribution in [0.2, 0.25) is 0 Å². The Morgan fingerprint density at radius 3 is 1.74 bits per heavy atom. The molecule has 4 N–H and O–H groups in total. The van der Waals surface area contributed by atoms with Gasteiger partial charge in [-0.3, -0.25) is 4.79 Å². The highest BCUT2D eigenvalue weighted by Gasteiger charge is 2.26. The average Bonchev–Trinajstić information content (AvgIpc) is 2.92. The second kappa shape index (κ2) is 28.6. The van der Waals surface area contributed by atoms with E-state index in [4.69, 9.17) is 0 Å². The van der Waals surface area contributed by atoms with Gasteiger partial charge in [-0.15, -0.1) is 0 Å². The number of aliphatic hydroxyl groups excluding tert-OH is 3. The van der Waals surface area contributed by atoms with Crippen LogP contribution in [0.5, 0.6) is 0 Å². The molecule has 3 unspecified atom stereocenters. The lowest BCUT2D eigenvalue weighted by molar-refractivity contribution is -0.124. The van der Waals surface area contributed by atoms with E-state index in [2.05, 4.69) is 55.6 Å². The molecule has 0 heterocycles. The lowest BCUT2D eigenvalue weighted by Crippen LogP contribution is -2.50. The highest BCUT2D eigenvalue weighted by atomic mass is 16.3. The third-order valence-electron chi connectivity index (χ3n) is 6.95. The van der Waals surface area contributed by atoms with Gasteiger partial charge in [0.2, 0.25) is 5.91 Å². The normalized spacial score (nSPS) is 14.6. The van der Waals surface area contributed by atoms with Gasteiger partial charge in [-0.2, -0.15) is 0 Å². The van der Waals surface area contributed by atoms with E-state index < -0.39 is 18.2 Å². The zero-order valence-electron chi connectivity index (χ0n) is 24.8. The Hall–Kier alpha value is -1.43. The summed E-state index contributed by atoms with van der Waals surface area (Å²) in [6, 6.07) is -0.830. The highest BCUT2D eigenvalue weighted by Crippen LogP contribution is 2.12. The number of carbonyl (C=O) groups excluding carboxylic acids is 1. The van der Waals surface area contributed by atoms with Crippen LogP contribution in [-0.4, -0.2) is 46.1 Å². The Balaban J connectivity index is 3.79. The van der Waals surface area contributed by atoms with Crippen molar-refractivity contribution in [3.8, 4) is 0 Å². The van der Waals surface area contributed by atoms with Crippen LogP contribution >= 0.6 is 0 Å². The number of allylic oxidation sites excluding steroid dienone is 6. The van der Waals surface area contributed by atoms with E-state index in [1.165, 1.54) is 64.2 Å². The quantitative estimate of drug-likeness (QED) is 0.0641. The summed E-state index contributed by atoms with van der Waals surface area (Å²) in [7, 11) is 0. The maximum absolute atomic E-state index is 12.3. The van der Waals surface area contributed by atoms with Crippen molar-refractivity contribution in [1.29, 1.82) is 0 Å². The Bertz CT molecular complexity index is 602. The fourth-order valence-electron chi connectivity index (χ4n) is 4.47. The molecule has 0 aliphatic rings. The van der Waals surface area contributed by atoms with Crippen LogP contribution in [0, 0.1) is 0 Å². The largest absolute Gasteiger partial charge is 0.394 e. The van der Waals surface area contributed by atoms with Crippen molar-refractivity contribution in [3.63, 3.8) is 0 Å². The average molecular weight is 536 g/mol. The summed E-state index contributed by atoms with van der Waals surface area (Å²) in [4.78, 5) is 12.3. The van der Waals surface area contributed by atoms with Crippen LogP contribution in [0.4, 0.5) is 0 Å². The number of amides is 1. The Kier molecular flexibility index (Phi) is 27.5. The molecule has 0 spiro atoms. The Morgan fingerprint density at radius 2 is 1.16 bits per heavy atom. The van der Waals surface area contributed by atoms with Crippen molar-refractivity contribution in [3.05, 3.63) is 36.5 Å². The Morgan fingerprint density at radius 1 is 0.658 bits per heavy atom. The maximum atomic E-state index is 12.3. The molecule has 38 heavy (non-hydrogen) atoms. The highest BCUT2D eigenvalue weighted by molar-refractivity contribution is 5.76. The summed E-state index contributed by atoms with van der Waals surface area (Å²) in [5, 5.41) is 33.0. The van der Waals surface area contributed by atoms with Crippen molar-refractivity contribution in [2.24, 2.45) is 0 Å². The second-order valence-electron chi connectivity index (χ2n) is 10.6. The molecular weight excluding hydrogens is 474 g/mol. The van der Waals surface area contributed by atoms with Crippen LogP contribution in [0.1, 0.15) is 142 Å². The number of nitrogens with one attached hydrogen (secondary N) is 1. The van der Waals surface area contributed by atoms with E-state index >= 15 is 0 Å². The van der Waals surface area contributed by atoms with Gasteiger partial charge < -0.3 is 20.6 Å². The van der Waals surface area contributed by atoms with Gasteiger partial charge in [0.25, 0.3) is 0 Å². The molecule has 0 saturated carbocycles. The van der Waals surface area contributed by atoms with Gasteiger partial charge in [-0.1, -0.05) is 102 Å². The molecule has 5 heteroatoms. The van der Waals surface area contributed by atoms with Crippen LogP contribution in [-0.2, 0) is 4.79 Å². The van der Waals surface area contributed by atoms with Crippen molar-refractivity contribution >= 4 is 5.91 Å². The second-order valence-corrected chi connectivity index (χ2v) is 10.6. The van der Waals surface area contributed by atoms with Crippen LogP contribution in [0.3, 0.4) is 0 Å². The summed E-state index contributed by atoms with van der Waals surface area (Å²) >= 11 is 0. The zero-order valence-corrected chi connectivity index (χ0v) is 24.8. The minimum atomic E-state index is -1.16. The fourth-order valence-corrected chi connectivity index (χ4v) is 4.47. The predicted octanol–water partition coefficient (Wildman–Crippen LogP) is 7.70. The predicted molar refractivity (Wildman–Crippen MR) is 162 cm³/mol. The summed E-state index contributed by atoms with van der Waals surface area (Å²) in [6.07, 6.45) is 32.4. The lowest BCUT2D eigenvalue weighted by atomic mass is 10.0. The molecule has 0 bridgehead atoms. The number of unbranched alkanes of at least 4 members (excludes halogenated alkanes) is 13. The van der Waals surface area contributed by atoms with E-state index in [1.807, 2.05) is 0 Å². The van der Waals surface area contributed by atoms with Gasteiger partial charge in [-0.05, 0) is 70.6 Å². The van der Waals surface area contributed by atoms with Crippen LogP contribution in [0.15, 0.2) is 36.5 Å². The standard InChI is InChI=1S/C33H61NO4/c1-3-5-7-9-11-13-14-15-16-17-18-20-22-24-26-28-32(37)34-30(29-35)33(38)31(36)27-25-23-21-19-12-10-8-6-4-2/h6,8,13-14,19,21,30-31,33,35-36,38H,3-5,7,9-12,15-18,20,22-29H2,1-2H3,(H,34,37)/b8-6+,14-13-,21-19+. The van der Waals surface area contributed by atoms with Gasteiger partial charge in [0, 0.05) is 6.42 Å². The minimum absolute atomic E-state index is 0.170. The first-order chi connectivity index (χ1) is 18.6. The summed E-state index contributed by atoms with van der Waals surface area (Å²) < 4.78 is 0. The number of hydrogen-bond donors (Lipinski definition) is 4. The van der Waals surface area contributed by atoms with E-state index in [0.29, 0.717) is 12.8 Å². The van der Waals surface area contributed by atoms with Gasteiger partial charge in [0.15, 0.2) is 0 Å². The molecule has 222 valence electrons. The molecule has 0 aromatic carbocycles. The number of carbonyl (C=O) groups is 1. The Labute approximate surface area is 234 Å². The first-order valence-electron chi connectivity index (χ1n) is 15.8. The van der Waals surface area contributed by atoms with E-state index in [9.17, 15) is 20.1 Å². The van der Waals surface area contributed by atoms with Crippen molar-refractivity contribution in [1.82, 2.24) is 5.32 Å². The first kappa shape index (κ1) is 36.6. The molecule has 0 aromatic rings. The fraction of sp³-hybridized carbons (Fsp3) is 0.788.